The highest BCUT2D eigenvalue weighted by Gasteiger charge is 2.30. The second-order valence-corrected chi connectivity index (χ2v) is 4.95. The Kier molecular flexibility index (Phi) is 3.14. The van der Waals surface area contributed by atoms with Gasteiger partial charge in [-0.15, -0.1) is 10.2 Å². The number of anilines is 1. The summed E-state index contributed by atoms with van der Waals surface area (Å²) in [7, 11) is 0. The first-order valence-corrected chi connectivity index (χ1v) is 6.48. The molecular formula is C14H15N3O3. The van der Waals surface area contributed by atoms with E-state index in [-0.39, 0.29) is 12.3 Å². The number of aromatic nitrogens is 2. The van der Waals surface area contributed by atoms with Gasteiger partial charge < -0.3 is 14.4 Å². The van der Waals surface area contributed by atoms with E-state index in [4.69, 9.17) is 9.52 Å². The Labute approximate surface area is 116 Å². The van der Waals surface area contributed by atoms with Crippen LogP contribution in [-0.4, -0.2) is 27.8 Å². The maximum Gasteiger partial charge on any atom is 0.304 e. The summed E-state index contributed by atoms with van der Waals surface area (Å²) < 4.78 is 5.40. The van der Waals surface area contributed by atoms with Crippen molar-refractivity contribution in [1.82, 2.24) is 10.2 Å². The first-order chi connectivity index (χ1) is 9.63. The third-order valence-electron chi connectivity index (χ3n) is 3.47. The van der Waals surface area contributed by atoms with Gasteiger partial charge in [-0.05, 0) is 11.6 Å². The Balaban J connectivity index is 1.84. The van der Waals surface area contributed by atoms with Gasteiger partial charge in [0.15, 0.2) is 0 Å². The topological polar surface area (TPSA) is 79.5 Å². The maximum atomic E-state index is 11.0. The molecule has 1 aromatic heterocycles. The summed E-state index contributed by atoms with van der Waals surface area (Å²) in [6, 6.07) is 7.88. The van der Waals surface area contributed by atoms with Gasteiger partial charge in [0.05, 0.1) is 13.0 Å². The number of carbonyl (C=O) groups is 1. The SMILES string of the molecule is Cc1nnc(CN2CC(CC(=O)O)c3ccccc32)o1. The van der Waals surface area contributed by atoms with E-state index in [2.05, 4.69) is 15.1 Å². The first-order valence-electron chi connectivity index (χ1n) is 6.48. The van der Waals surface area contributed by atoms with Crippen LogP contribution in [0.5, 0.6) is 0 Å². The fraction of sp³-hybridized carbons (Fsp3) is 0.357. The number of hydrogen-bond donors (Lipinski definition) is 1. The van der Waals surface area contributed by atoms with Crippen molar-refractivity contribution >= 4 is 11.7 Å². The lowest BCUT2D eigenvalue weighted by Crippen LogP contribution is -2.22. The number of carboxylic acids is 1. The van der Waals surface area contributed by atoms with Gasteiger partial charge in [0.2, 0.25) is 11.8 Å². The average Bonchev–Trinajstić information content (AvgIpc) is 2.95. The highest BCUT2D eigenvalue weighted by atomic mass is 16.4. The van der Waals surface area contributed by atoms with E-state index >= 15 is 0 Å². The van der Waals surface area contributed by atoms with Crippen molar-refractivity contribution in [3.63, 3.8) is 0 Å². The zero-order valence-corrected chi connectivity index (χ0v) is 11.1. The molecule has 1 N–H and O–H groups in total. The van der Waals surface area contributed by atoms with Gasteiger partial charge in [0.25, 0.3) is 0 Å². The average molecular weight is 273 g/mol. The Bertz CT molecular complexity index is 638. The number of carboxylic acid groups (broad SMARTS) is 1. The molecule has 20 heavy (non-hydrogen) atoms. The monoisotopic (exact) mass is 273 g/mol. The smallest absolute Gasteiger partial charge is 0.304 e. The third kappa shape index (κ3) is 2.36. The van der Waals surface area contributed by atoms with Crippen LogP contribution >= 0.6 is 0 Å². The highest BCUT2D eigenvalue weighted by molar-refractivity contribution is 5.71. The van der Waals surface area contributed by atoms with Crippen LogP contribution in [0.3, 0.4) is 0 Å². The summed E-state index contributed by atoms with van der Waals surface area (Å²) in [5.41, 5.74) is 2.13. The molecule has 1 aliphatic rings. The molecule has 0 amide bonds. The fourth-order valence-corrected chi connectivity index (χ4v) is 2.68. The van der Waals surface area contributed by atoms with Crippen molar-refractivity contribution in [3.8, 4) is 0 Å². The van der Waals surface area contributed by atoms with Crippen LogP contribution in [0, 0.1) is 6.92 Å². The van der Waals surface area contributed by atoms with Crippen molar-refractivity contribution in [2.75, 3.05) is 11.4 Å². The predicted molar refractivity (Wildman–Crippen MR) is 71.5 cm³/mol. The molecule has 0 fully saturated rings. The number of fused-ring (bicyclic) bond motifs is 1. The van der Waals surface area contributed by atoms with Gasteiger partial charge >= 0.3 is 5.97 Å². The molecule has 1 unspecified atom stereocenters. The molecule has 0 radical (unpaired) electrons. The number of benzene rings is 1. The zero-order chi connectivity index (χ0) is 14.1. The van der Waals surface area contributed by atoms with Crippen molar-refractivity contribution in [3.05, 3.63) is 41.6 Å². The molecule has 0 saturated heterocycles. The molecule has 1 aromatic carbocycles. The Morgan fingerprint density at radius 3 is 2.95 bits per heavy atom. The van der Waals surface area contributed by atoms with Crippen LogP contribution in [0.25, 0.3) is 0 Å². The molecule has 3 rings (SSSR count). The Morgan fingerprint density at radius 2 is 2.25 bits per heavy atom. The van der Waals surface area contributed by atoms with Gasteiger partial charge in [-0.3, -0.25) is 4.79 Å². The maximum absolute atomic E-state index is 11.0. The molecule has 0 aliphatic carbocycles. The summed E-state index contributed by atoms with van der Waals surface area (Å²) in [6.45, 7) is 2.92. The van der Waals surface area contributed by atoms with Gasteiger partial charge in [0.1, 0.15) is 0 Å². The molecule has 1 atom stereocenters. The molecule has 6 nitrogen and oxygen atoms in total. The minimum Gasteiger partial charge on any atom is -0.481 e. The van der Waals surface area contributed by atoms with Gasteiger partial charge in [-0.1, -0.05) is 18.2 Å². The van der Waals surface area contributed by atoms with Crippen LogP contribution in [0.2, 0.25) is 0 Å². The predicted octanol–water partition coefficient (Wildman–Crippen LogP) is 1.96. The van der Waals surface area contributed by atoms with E-state index in [1.54, 1.807) is 6.92 Å². The summed E-state index contributed by atoms with van der Waals surface area (Å²) in [5.74, 6) is 0.316. The second-order valence-electron chi connectivity index (χ2n) is 4.95. The summed E-state index contributed by atoms with van der Waals surface area (Å²) in [4.78, 5) is 13.1. The number of hydrogen-bond acceptors (Lipinski definition) is 5. The molecule has 6 heteroatoms. The van der Waals surface area contributed by atoms with E-state index in [0.29, 0.717) is 24.9 Å². The minimum atomic E-state index is -0.778. The Hall–Kier alpha value is -2.37. The normalized spacial score (nSPS) is 17.2. The van der Waals surface area contributed by atoms with Crippen molar-refractivity contribution in [2.45, 2.75) is 25.8 Å². The van der Waals surface area contributed by atoms with Gasteiger partial charge in [0, 0.05) is 25.1 Å². The number of para-hydroxylation sites is 1. The van der Waals surface area contributed by atoms with E-state index in [9.17, 15) is 4.79 Å². The largest absolute Gasteiger partial charge is 0.481 e. The summed E-state index contributed by atoms with van der Waals surface area (Å²) in [6.07, 6.45) is 0.135. The zero-order valence-electron chi connectivity index (χ0n) is 11.1. The number of nitrogens with zero attached hydrogens (tertiary/aromatic N) is 3. The molecular weight excluding hydrogens is 258 g/mol. The minimum absolute atomic E-state index is 0.00715. The van der Waals surface area contributed by atoms with Crippen molar-refractivity contribution in [1.29, 1.82) is 0 Å². The quantitative estimate of drug-likeness (QED) is 0.917. The lowest BCUT2D eigenvalue weighted by Gasteiger charge is -2.17. The van der Waals surface area contributed by atoms with Crippen LogP contribution in [0.4, 0.5) is 5.69 Å². The van der Waals surface area contributed by atoms with Crippen molar-refractivity contribution < 1.29 is 14.3 Å². The number of aryl methyl sites for hydroxylation is 1. The standard InChI is InChI=1S/C14H15N3O3/c1-9-15-16-13(20-9)8-17-7-10(6-14(18)19)11-4-2-3-5-12(11)17/h2-5,10H,6-8H2,1H3,(H,18,19). The molecule has 104 valence electrons. The fourth-order valence-electron chi connectivity index (χ4n) is 2.68. The van der Waals surface area contributed by atoms with Gasteiger partial charge in [-0.2, -0.15) is 0 Å². The van der Waals surface area contributed by atoms with Crippen molar-refractivity contribution in [2.24, 2.45) is 0 Å². The summed E-state index contributed by atoms with van der Waals surface area (Å²) in [5, 5.41) is 16.8. The molecule has 0 saturated carbocycles. The molecule has 1 aliphatic heterocycles. The lowest BCUT2D eigenvalue weighted by atomic mass is 9.98. The molecule has 2 aromatic rings. The molecule has 0 spiro atoms. The van der Waals surface area contributed by atoms with E-state index in [1.165, 1.54) is 0 Å². The summed E-state index contributed by atoms with van der Waals surface area (Å²) >= 11 is 0. The molecule has 2 heterocycles. The second kappa shape index (κ2) is 4.96. The number of aliphatic carboxylic acids is 1. The Morgan fingerprint density at radius 1 is 1.45 bits per heavy atom. The lowest BCUT2D eigenvalue weighted by molar-refractivity contribution is -0.137. The van der Waals surface area contributed by atoms with E-state index in [0.717, 1.165) is 11.3 Å². The van der Waals surface area contributed by atoms with Gasteiger partial charge in [-0.25, -0.2) is 0 Å². The van der Waals surface area contributed by atoms with E-state index < -0.39 is 5.97 Å². The first kappa shape index (κ1) is 12.7. The number of rotatable bonds is 4. The van der Waals surface area contributed by atoms with E-state index in [1.807, 2.05) is 24.3 Å². The van der Waals surface area contributed by atoms with Crippen LogP contribution < -0.4 is 4.90 Å². The molecule has 0 bridgehead atoms. The van der Waals surface area contributed by atoms with Crippen LogP contribution in [-0.2, 0) is 11.3 Å². The van der Waals surface area contributed by atoms with Crippen LogP contribution in [0.15, 0.2) is 28.7 Å². The highest BCUT2D eigenvalue weighted by Crippen LogP contribution is 2.38. The van der Waals surface area contributed by atoms with Crippen LogP contribution in [0.1, 0.15) is 29.7 Å². The third-order valence-corrected chi connectivity index (χ3v) is 3.47.